The Morgan fingerprint density at radius 3 is 1.70 bits per heavy atom. The summed E-state index contributed by atoms with van der Waals surface area (Å²) < 4.78 is 16.9. The fraction of sp³-hybridized carbons (Fsp3) is 0.0870. The van der Waals surface area contributed by atoms with E-state index in [0.717, 1.165) is 33.9 Å². The van der Waals surface area contributed by atoms with Gasteiger partial charge in [0, 0.05) is 17.7 Å². The number of nitrogens with zero attached hydrogens (tertiary/aromatic N) is 1. The molecule has 27 heavy (non-hydrogen) atoms. The fourth-order valence-electron chi connectivity index (χ4n) is 2.73. The van der Waals surface area contributed by atoms with Gasteiger partial charge in [0.2, 0.25) is 0 Å². The first-order valence-electron chi connectivity index (χ1n) is 8.76. The molecule has 0 spiro atoms. The van der Waals surface area contributed by atoms with E-state index < -0.39 is 0 Å². The van der Waals surface area contributed by atoms with E-state index in [1.54, 1.807) is 6.26 Å². The Hall–Kier alpha value is -3.53. The molecule has 0 saturated heterocycles. The molecule has 0 amide bonds. The summed E-state index contributed by atoms with van der Waals surface area (Å²) in [6.07, 6.45) is 1.55. The van der Waals surface area contributed by atoms with E-state index in [1.807, 2.05) is 84.9 Å². The standard InChI is InChI=1S/C23H19NO3/c1-3-7-18(8-4-1)16-25-21-13-20(23-11-12-27-24-23)14-22(15-21)26-17-19-9-5-2-6-10-19/h1-15H,16-17H2. The van der Waals surface area contributed by atoms with Crippen molar-refractivity contribution < 1.29 is 14.0 Å². The first-order valence-corrected chi connectivity index (χ1v) is 8.76. The van der Waals surface area contributed by atoms with Gasteiger partial charge in [0.15, 0.2) is 0 Å². The molecule has 0 radical (unpaired) electrons. The summed E-state index contributed by atoms with van der Waals surface area (Å²) in [5.41, 5.74) is 3.84. The van der Waals surface area contributed by atoms with Gasteiger partial charge in [-0.2, -0.15) is 0 Å². The van der Waals surface area contributed by atoms with Crippen LogP contribution in [0.4, 0.5) is 0 Å². The molecular formula is C23H19NO3. The number of aromatic nitrogens is 1. The second kappa shape index (κ2) is 8.23. The molecule has 3 aromatic carbocycles. The van der Waals surface area contributed by atoms with Crippen LogP contribution in [0.25, 0.3) is 11.3 Å². The first-order chi connectivity index (χ1) is 13.4. The first kappa shape index (κ1) is 16.9. The van der Waals surface area contributed by atoms with Crippen LogP contribution in [0.2, 0.25) is 0 Å². The van der Waals surface area contributed by atoms with Crippen LogP contribution in [0.1, 0.15) is 11.1 Å². The van der Waals surface area contributed by atoms with E-state index in [-0.39, 0.29) is 0 Å². The number of benzene rings is 3. The molecule has 4 nitrogen and oxygen atoms in total. The summed E-state index contributed by atoms with van der Waals surface area (Å²) in [6.45, 7) is 0.975. The highest BCUT2D eigenvalue weighted by atomic mass is 16.5. The molecule has 0 aliphatic heterocycles. The quantitative estimate of drug-likeness (QED) is 0.438. The van der Waals surface area contributed by atoms with Gasteiger partial charge in [0.1, 0.15) is 36.7 Å². The van der Waals surface area contributed by atoms with Gasteiger partial charge in [-0.05, 0) is 23.3 Å². The monoisotopic (exact) mass is 357 g/mol. The van der Waals surface area contributed by atoms with Crippen LogP contribution < -0.4 is 9.47 Å². The van der Waals surface area contributed by atoms with Crippen LogP contribution in [0, 0.1) is 0 Å². The maximum Gasteiger partial charge on any atom is 0.124 e. The van der Waals surface area contributed by atoms with Crippen LogP contribution in [-0.4, -0.2) is 5.16 Å². The average Bonchev–Trinajstić information content (AvgIpc) is 3.27. The number of rotatable bonds is 7. The highest BCUT2D eigenvalue weighted by molar-refractivity contribution is 5.63. The lowest BCUT2D eigenvalue weighted by Gasteiger charge is -2.12. The average molecular weight is 357 g/mol. The minimum Gasteiger partial charge on any atom is -0.489 e. The molecule has 0 unspecified atom stereocenters. The van der Waals surface area contributed by atoms with Crippen molar-refractivity contribution in [3.05, 3.63) is 102 Å². The summed E-state index contributed by atoms with van der Waals surface area (Å²) in [4.78, 5) is 0. The van der Waals surface area contributed by atoms with Gasteiger partial charge >= 0.3 is 0 Å². The van der Waals surface area contributed by atoms with Gasteiger partial charge in [-0.3, -0.25) is 0 Å². The van der Waals surface area contributed by atoms with E-state index in [1.165, 1.54) is 0 Å². The molecule has 134 valence electrons. The van der Waals surface area contributed by atoms with Crippen molar-refractivity contribution in [3.63, 3.8) is 0 Å². The van der Waals surface area contributed by atoms with Crippen molar-refractivity contribution in [2.45, 2.75) is 13.2 Å². The largest absolute Gasteiger partial charge is 0.489 e. The maximum absolute atomic E-state index is 5.99. The lowest BCUT2D eigenvalue weighted by molar-refractivity contribution is 0.290. The van der Waals surface area contributed by atoms with Crippen LogP contribution >= 0.6 is 0 Å². The van der Waals surface area contributed by atoms with Crippen molar-refractivity contribution in [1.29, 1.82) is 0 Å². The Labute approximate surface area is 158 Å². The van der Waals surface area contributed by atoms with Crippen molar-refractivity contribution in [2.24, 2.45) is 0 Å². The molecule has 0 aliphatic carbocycles. The Bertz CT molecular complexity index is 905. The van der Waals surface area contributed by atoms with Gasteiger partial charge < -0.3 is 14.0 Å². The number of hydrogen-bond acceptors (Lipinski definition) is 4. The van der Waals surface area contributed by atoms with E-state index in [4.69, 9.17) is 14.0 Å². The minimum absolute atomic E-state index is 0.487. The molecule has 1 aromatic heterocycles. The Kier molecular flexibility index (Phi) is 5.16. The molecule has 0 aliphatic rings. The van der Waals surface area contributed by atoms with Gasteiger partial charge in [0.25, 0.3) is 0 Å². The highest BCUT2D eigenvalue weighted by Gasteiger charge is 2.08. The minimum atomic E-state index is 0.487. The normalized spacial score (nSPS) is 10.5. The molecule has 1 heterocycles. The van der Waals surface area contributed by atoms with Crippen molar-refractivity contribution in [3.8, 4) is 22.8 Å². The van der Waals surface area contributed by atoms with Gasteiger partial charge in [-0.1, -0.05) is 65.8 Å². The van der Waals surface area contributed by atoms with Gasteiger partial charge in [-0.25, -0.2) is 0 Å². The number of ether oxygens (including phenoxy) is 2. The second-order valence-corrected chi connectivity index (χ2v) is 6.13. The van der Waals surface area contributed by atoms with Crippen LogP contribution in [0.3, 0.4) is 0 Å². The van der Waals surface area contributed by atoms with Crippen LogP contribution in [0.15, 0.2) is 95.7 Å². The predicted molar refractivity (Wildman–Crippen MR) is 103 cm³/mol. The SMILES string of the molecule is c1ccc(COc2cc(OCc3ccccc3)cc(-c3ccon3)c2)cc1. The maximum atomic E-state index is 5.99. The van der Waals surface area contributed by atoms with E-state index in [2.05, 4.69) is 5.16 Å². The summed E-state index contributed by atoms with van der Waals surface area (Å²) in [7, 11) is 0. The molecule has 4 heteroatoms. The Morgan fingerprint density at radius 1 is 0.667 bits per heavy atom. The summed E-state index contributed by atoms with van der Waals surface area (Å²) in [6, 6.07) is 27.7. The van der Waals surface area contributed by atoms with Gasteiger partial charge in [0.05, 0.1) is 0 Å². The van der Waals surface area contributed by atoms with Crippen LogP contribution in [-0.2, 0) is 13.2 Å². The zero-order valence-corrected chi connectivity index (χ0v) is 14.7. The third-order valence-electron chi connectivity index (χ3n) is 4.11. The number of hydrogen-bond donors (Lipinski definition) is 0. The smallest absolute Gasteiger partial charge is 0.124 e. The lowest BCUT2D eigenvalue weighted by atomic mass is 10.1. The third kappa shape index (κ3) is 4.55. The molecule has 0 fully saturated rings. The summed E-state index contributed by atoms with van der Waals surface area (Å²) in [5, 5.41) is 4.02. The highest BCUT2D eigenvalue weighted by Crippen LogP contribution is 2.30. The van der Waals surface area contributed by atoms with Gasteiger partial charge in [-0.15, -0.1) is 0 Å². The predicted octanol–water partition coefficient (Wildman–Crippen LogP) is 5.50. The zero-order chi connectivity index (χ0) is 18.3. The zero-order valence-electron chi connectivity index (χ0n) is 14.7. The molecule has 0 saturated carbocycles. The molecule has 4 rings (SSSR count). The third-order valence-corrected chi connectivity index (χ3v) is 4.11. The topological polar surface area (TPSA) is 44.5 Å². The molecular weight excluding hydrogens is 338 g/mol. The summed E-state index contributed by atoms with van der Waals surface area (Å²) >= 11 is 0. The molecule has 4 aromatic rings. The van der Waals surface area contributed by atoms with E-state index in [9.17, 15) is 0 Å². The summed E-state index contributed by atoms with van der Waals surface area (Å²) in [5.74, 6) is 1.45. The molecule has 0 N–H and O–H groups in total. The second-order valence-electron chi connectivity index (χ2n) is 6.13. The fourth-order valence-corrected chi connectivity index (χ4v) is 2.73. The van der Waals surface area contributed by atoms with Crippen molar-refractivity contribution >= 4 is 0 Å². The Balaban J connectivity index is 1.55. The Morgan fingerprint density at radius 2 is 1.22 bits per heavy atom. The van der Waals surface area contributed by atoms with Crippen molar-refractivity contribution in [1.82, 2.24) is 5.16 Å². The molecule has 0 atom stereocenters. The van der Waals surface area contributed by atoms with Crippen LogP contribution in [0.5, 0.6) is 11.5 Å². The molecule has 0 bridgehead atoms. The lowest BCUT2D eigenvalue weighted by Crippen LogP contribution is -1.98. The van der Waals surface area contributed by atoms with Crippen molar-refractivity contribution in [2.75, 3.05) is 0 Å². The van der Waals surface area contributed by atoms with E-state index >= 15 is 0 Å². The van der Waals surface area contributed by atoms with E-state index in [0.29, 0.717) is 13.2 Å².